The number of hydrogen-bond donors (Lipinski definition) is 2. The summed E-state index contributed by atoms with van der Waals surface area (Å²) in [6, 6.07) is 0.733. The first-order valence-corrected chi connectivity index (χ1v) is 5.34. The minimum absolute atomic E-state index is 0.625. The molecule has 3 N–H and O–H groups in total. The molecule has 0 amide bonds. The zero-order valence-corrected chi connectivity index (χ0v) is 8.59. The maximum atomic E-state index is 5.31. The van der Waals surface area contributed by atoms with Crippen molar-refractivity contribution < 1.29 is 4.74 Å². The first kappa shape index (κ1) is 11.0. The van der Waals surface area contributed by atoms with Gasteiger partial charge in [-0.05, 0) is 25.2 Å². The molecule has 0 spiro atoms. The maximum Gasteiger partial charge on any atom is 0.0591 e. The lowest BCUT2D eigenvalue weighted by molar-refractivity contribution is 0.141. The van der Waals surface area contributed by atoms with Gasteiger partial charge in [0.2, 0.25) is 0 Å². The molecule has 3 heteroatoms. The SMILES string of the molecule is CC1CCC(NCCOCCN)C1. The molecule has 0 bridgehead atoms. The number of ether oxygens (including phenoxy) is 1. The van der Waals surface area contributed by atoms with Crippen molar-refractivity contribution in [3.05, 3.63) is 0 Å². The van der Waals surface area contributed by atoms with Crippen LogP contribution in [0, 0.1) is 5.92 Å². The Bertz CT molecular complexity index is 130. The van der Waals surface area contributed by atoms with Crippen molar-refractivity contribution in [1.29, 1.82) is 0 Å². The number of nitrogens with one attached hydrogen (secondary N) is 1. The van der Waals surface area contributed by atoms with Crippen LogP contribution in [0.15, 0.2) is 0 Å². The largest absolute Gasteiger partial charge is 0.379 e. The first-order valence-electron chi connectivity index (χ1n) is 5.34. The summed E-state index contributed by atoms with van der Waals surface area (Å²) in [7, 11) is 0. The van der Waals surface area contributed by atoms with E-state index in [1.807, 2.05) is 0 Å². The highest BCUT2D eigenvalue weighted by Crippen LogP contribution is 2.24. The van der Waals surface area contributed by atoms with E-state index in [0.717, 1.165) is 25.1 Å². The molecule has 0 aromatic rings. The van der Waals surface area contributed by atoms with E-state index in [1.54, 1.807) is 0 Å². The summed E-state index contributed by atoms with van der Waals surface area (Å²) in [6.07, 6.45) is 4.04. The van der Waals surface area contributed by atoms with Crippen LogP contribution in [0.1, 0.15) is 26.2 Å². The van der Waals surface area contributed by atoms with E-state index >= 15 is 0 Å². The first-order chi connectivity index (χ1) is 6.33. The summed E-state index contributed by atoms with van der Waals surface area (Å²) in [4.78, 5) is 0. The van der Waals surface area contributed by atoms with Crippen molar-refractivity contribution in [3.8, 4) is 0 Å². The molecule has 1 aliphatic carbocycles. The lowest BCUT2D eigenvalue weighted by atomic mass is 10.1. The Kier molecular flexibility index (Phi) is 5.35. The van der Waals surface area contributed by atoms with Crippen LogP contribution >= 0.6 is 0 Å². The second kappa shape index (κ2) is 6.35. The van der Waals surface area contributed by atoms with Crippen molar-refractivity contribution in [3.63, 3.8) is 0 Å². The third-order valence-corrected chi connectivity index (χ3v) is 2.64. The van der Waals surface area contributed by atoms with Gasteiger partial charge in [0.05, 0.1) is 13.2 Å². The average Bonchev–Trinajstić information content (AvgIpc) is 2.51. The molecule has 2 atom stereocenters. The summed E-state index contributed by atoms with van der Waals surface area (Å²) in [6.45, 7) is 5.40. The predicted molar refractivity (Wildman–Crippen MR) is 54.7 cm³/mol. The van der Waals surface area contributed by atoms with Crippen LogP contribution in [0.5, 0.6) is 0 Å². The van der Waals surface area contributed by atoms with Gasteiger partial charge in [0, 0.05) is 19.1 Å². The van der Waals surface area contributed by atoms with Crippen molar-refractivity contribution in [2.75, 3.05) is 26.3 Å². The highest BCUT2D eigenvalue weighted by atomic mass is 16.5. The summed E-state index contributed by atoms with van der Waals surface area (Å²) < 4.78 is 5.28. The monoisotopic (exact) mass is 186 g/mol. The quantitative estimate of drug-likeness (QED) is 0.601. The molecule has 0 aromatic heterocycles. The van der Waals surface area contributed by atoms with Crippen molar-refractivity contribution >= 4 is 0 Å². The van der Waals surface area contributed by atoms with Crippen molar-refractivity contribution in [2.45, 2.75) is 32.2 Å². The second-order valence-electron chi connectivity index (χ2n) is 3.97. The molecular weight excluding hydrogens is 164 g/mol. The fraction of sp³-hybridized carbons (Fsp3) is 1.00. The van der Waals surface area contributed by atoms with Gasteiger partial charge >= 0.3 is 0 Å². The van der Waals surface area contributed by atoms with E-state index in [9.17, 15) is 0 Å². The molecule has 78 valence electrons. The fourth-order valence-electron chi connectivity index (χ4n) is 1.91. The van der Waals surface area contributed by atoms with Crippen LogP contribution in [0.2, 0.25) is 0 Å². The van der Waals surface area contributed by atoms with Gasteiger partial charge in [0.15, 0.2) is 0 Å². The third kappa shape index (κ3) is 4.60. The Morgan fingerprint density at radius 1 is 1.38 bits per heavy atom. The Labute approximate surface area is 81.0 Å². The van der Waals surface area contributed by atoms with E-state index in [4.69, 9.17) is 10.5 Å². The van der Waals surface area contributed by atoms with E-state index in [1.165, 1.54) is 19.3 Å². The molecule has 0 saturated heterocycles. The molecule has 1 aliphatic rings. The Morgan fingerprint density at radius 3 is 2.85 bits per heavy atom. The third-order valence-electron chi connectivity index (χ3n) is 2.64. The average molecular weight is 186 g/mol. The molecule has 2 unspecified atom stereocenters. The Balaban J connectivity index is 1.88. The summed E-state index contributed by atoms with van der Waals surface area (Å²) in [5.74, 6) is 0.905. The standard InChI is InChI=1S/C10H22N2O/c1-9-2-3-10(8-9)12-5-7-13-6-4-11/h9-10,12H,2-8,11H2,1H3. The number of nitrogens with two attached hydrogens (primary N) is 1. The van der Waals surface area contributed by atoms with Gasteiger partial charge in [0.1, 0.15) is 0 Å². The molecule has 1 saturated carbocycles. The molecular formula is C10H22N2O. The zero-order chi connectivity index (χ0) is 9.52. The molecule has 0 aromatic carbocycles. The molecule has 1 rings (SSSR count). The highest BCUT2D eigenvalue weighted by Gasteiger charge is 2.19. The second-order valence-corrected chi connectivity index (χ2v) is 3.97. The topological polar surface area (TPSA) is 47.3 Å². The molecule has 3 nitrogen and oxygen atoms in total. The van der Waals surface area contributed by atoms with Crippen LogP contribution in [-0.4, -0.2) is 32.3 Å². The molecule has 0 radical (unpaired) electrons. The zero-order valence-electron chi connectivity index (χ0n) is 8.59. The van der Waals surface area contributed by atoms with Crippen LogP contribution in [0.25, 0.3) is 0 Å². The van der Waals surface area contributed by atoms with Gasteiger partial charge in [-0.1, -0.05) is 6.92 Å². The van der Waals surface area contributed by atoms with E-state index in [2.05, 4.69) is 12.2 Å². The molecule has 0 aliphatic heterocycles. The maximum absolute atomic E-state index is 5.31. The fourth-order valence-corrected chi connectivity index (χ4v) is 1.91. The van der Waals surface area contributed by atoms with Crippen LogP contribution in [0.4, 0.5) is 0 Å². The number of hydrogen-bond acceptors (Lipinski definition) is 3. The van der Waals surface area contributed by atoms with Gasteiger partial charge in [-0.2, -0.15) is 0 Å². The number of rotatable bonds is 6. The predicted octanol–water partition coefficient (Wildman–Crippen LogP) is 0.740. The Morgan fingerprint density at radius 2 is 2.23 bits per heavy atom. The van der Waals surface area contributed by atoms with E-state index < -0.39 is 0 Å². The van der Waals surface area contributed by atoms with Gasteiger partial charge in [0.25, 0.3) is 0 Å². The summed E-state index contributed by atoms with van der Waals surface area (Å²) in [5, 5.41) is 3.51. The van der Waals surface area contributed by atoms with Crippen molar-refractivity contribution in [2.24, 2.45) is 11.7 Å². The van der Waals surface area contributed by atoms with E-state index in [0.29, 0.717) is 13.2 Å². The van der Waals surface area contributed by atoms with E-state index in [-0.39, 0.29) is 0 Å². The van der Waals surface area contributed by atoms with Crippen molar-refractivity contribution in [1.82, 2.24) is 5.32 Å². The molecule has 13 heavy (non-hydrogen) atoms. The van der Waals surface area contributed by atoms with Crippen LogP contribution < -0.4 is 11.1 Å². The lowest BCUT2D eigenvalue weighted by Crippen LogP contribution is -2.30. The van der Waals surface area contributed by atoms with Crippen LogP contribution in [-0.2, 0) is 4.74 Å². The lowest BCUT2D eigenvalue weighted by Gasteiger charge is -2.11. The van der Waals surface area contributed by atoms with Gasteiger partial charge in [-0.15, -0.1) is 0 Å². The van der Waals surface area contributed by atoms with Gasteiger partial charge in [-0.25, -0.2) is 0 Å². The van der Waals surface area contributed by atoms with Crippen LogP contribution in [0.3, 0.4) is 0 Å². The smallest absolute Gasteiger partial charge is 0.0591 e. The summed E-state index contributed by atoms with van der Waals surface area (Å²) in [5.41, 5.74) is 5.31. The van der Waals surface area contributed by atoms with Gasteiger partial charge in [-0.3, -0.25) is 0 Å². The minimum Gasteiger partial charge on any atom is -0.379 e. The Hall–Kier alpha value is -0.120. The minimum atomic E-state index is 0.625. The molecule has 0 heterocycles. The molecule has 1 fully saturated rings. The summed E-state index contributed by atoms with van der Waals surface area (Å²) >= 11 is 0. The normalized spacial score (nSPS) is 28.2. The highest BCUT2D eigenvalue weighted by molar-refractivity contribution is 4.77. The van der Waals surface area contributed by atoms with Gasteiger partial charge < -0.3 is 15.8 Å².